The first-order chi connectivity index (χ1) is 10.8. The van der Waals surface area contributed by atoms with Gasteiger partial charge >= 0.3 is 0 Å². The molecule has 0 saturated heterocycles. The fourth-order valence-electron chi connectivity index (χ4n) is 1.81. The highest BCUT2D eigenvalue weighted by Crippen LogP contribution is 2.23. The minimum Gasteiger partial charge on any atom is -0.467 e. The lowest BCUT2D eigenvalue weighted by atomic mass is 10.4. The number of hydrogen-bond donors (Lipinski definition) is 2. The Kier molecular flexibility index (Phi) is 4.12. The van der Waals surface area contributed by atoms with Gasteiger partial charge in [-0.2, -0.15) is 15.0 Å². The quantitative estimate of drug-likeness (QED) is 0.555. The first-order valence-electron chi connectivity index (χ1n) is 6.48. The van der Waals surface area contributed by atoms with Crippen molar-refractivity contribution in [2.45, 2.75) is 13.5 Å². The number of aromatic amines is 1. The zero-order chi connectivity index (χ0) is 15.4. The maximum Gasteiger partial charge on any atom is 0.297 e. The summed E-state index contributed by atoms with van der Waals surface area (Å²) < 4.78 is 10.6. The minimum atomic E-state index is 0.0980. The molecule has 0 aliphatic heterocycles. The van der Waals surface area contributed by atoms with Crippen LogP contribution in [0.2, 0.25) is 5.28 Å². The van der Waals surface area contributed by atoms with Crippen LogP contribution in [0.25, 0.3) is 11.2 Å². The molecule has 0 fully saturated rings. The largest absolute Gasteiger partial charge is 0.467 e. The molecule has 0 saturated carbocycles. The number of nitrogens with one attached hydrogen (secondary N) is 2. The predicted octanol–water partition coefficient (Wildman–Crippen LogP) is 2.61. The van der Waals surface area contributed by atoms with Crippen LogP contribution in [0.5, 0.6) is 6.01 Å². The van der Waals surface area contributed by atoms with Crippen molar-refractivity contribution >= 4 is 28.6 Å². The molecule has 0 spiro atoms. The Balaban J connectivity index is 1.85. The van der Waals surface area contributed by atoms with E-state index in [9.17, 15) is 0 Å². The van der Waals surface area contributed by atoms with Crippen LogP contribution in [-0.2, 0) is 6.54 Å². The van der Waals surface area contributed by atoms with Crippen LogP contribution in [-0.4, -0.2) is 26.5 Å². The molecule has 3 rings (SSSR count). The van der Waals surface area contributed by atoms with E-state index < -0.39 is 0 Å². The molecule has 0 aliphatic rings. The fourth-order valence-corrected chi connectivity index (χ4v) is 1.97. The molecule has 0 atom stereocenters. The highest BCUT2D eigenvalue weighted by atomic mass is 35.5. The molecule has 0 radical (unpaired) electrons. The summed E-state index contributed by atoms with van der Waals surface area (Å²) in [5, 5.41) is 3.23. The normalized spacial score (nSPS) is 10.3. The molecule has 22 heavy (non-hydrogen) atoms. The van der Waals surface area contributed by atoms with Gasteiger partial charge in [-0.1, -0.05) is 5.92 Å². The van der Waals surface area contributed by atoms with Gasteiger partial charge in [-0.05, 0) is 30.7 Å². The predicted molar refractivity (Wildman–Crippen MR) is 81.7 cm³/mol. The summed E-state index contributed by atoms with van der Waals surface area (Å²) in [6.07, 6.45) is 1.61. The standard InChI is InChI=1S/C14H12ClN5O2/c1-2-3-6-22-14-17-10-11(16-8-9-5-4-7-21-9)18-13(15)19-12(10)20-14/h4-5,7H,6,8H2,1H3,(H2,16,17,18,19,20). The highest BCUT2D eigenvalue weighted by molar-refractivity contribution is 6.28. The van der Waals surface area contributed by atoms with Crippen LogP contribution >= 0.6 is 11.6 Å². The summed E-state index contributed by atoms with van der Waals surface area (Å²) in [5.74, 6) is 6.83. The van der Waals surface area contributed by atoms with Crippen LogP contribution in [0.15, 0.2) is 22.8 Å². The Morgan fingerprint density at radius 1 is 1.41 bits per heavy atom. The molecule has 3 aromatic heterocycles. The van der Waals surface area contributed by atoms with E-state index in [2.05, 4.69) is 37.1 Å². The topological polar surface area (TPSA) is 88.9 Å². The lowest BCUT2D eigenvalue weighted by Gasteiger charge is -2.04. The number of nitrogens with zero attached hydrogens (tertiary/aromatic N) is 3. The van der Waals surface area contributed by atoms with Gasteiger partial charge in [-0.25, -0.2) is 0 Å². The van der Waals surface area contributed by atoms with Gasteiger partial charge < -0.3 is 19.5 Å². The second kappa shape index (κ2) is 6.37. The molecule has 0 bridgehead atoms. The summed E-state index contributed by atoms with van der Waals surface area (Å²) in [6.45, 7) is 2.45. The van der Waals surface area contributed by atoms with Crippen molar-refractivity contribution in [3.8, 4) is 17.9 Å². The van der Waals surface area contributed by atoms with E-state index >= 15 is 0 Å². The Morgan fingerprint density at radius 3 is 3.09 bits per heavy atom. The van der Waals surface area contributed by atoms with Crippen LogP contribution in [0.3, 0.4) is 0 Å². The third kappa shape index (κ3) is 3.13. The third-order valence-electron chi connectivity index (χ3n) is 2.77. The van der Waals surface area contributed by atoms with E-state index in [4.69, 9.17) is 20.8 Å². The van der Waals surface area contributed by atoms with E-state index in [1.165, 1.54) is 0 Å². The van der Waals surface area contributed by atoms with Crippen molar-refractivity contribution in [1.29, 1.82) is 0 Å². The molecule has 0 unspecified atom stereocenters. The molecule has 3 aromatic rings. The smallest absolute Gasteiger partial charge is 0.297 e. The maximum atomic E-state index is 5.92. The van der Waals surface area contributed by atoms with Gasteiger partial charge in [0.1, 0.15) is 11.3 Å². The summed E-state index contributed by atoms with van der Waals surface area (Å²) in [7, 11) is 0. The number of hydrogen-bond acceptors (Lipinski definition) is 6. The second-order valence-electron chi connectivity index (χ2n) is 4.23. The summed E-state index contributed by atoms with van der Waals surface area (Å²) in [5.41, 5.74) is 1.02. The van der Waals surface area contributed by atoms with Crippen molar-refractivity contribution in [2.75, 3.05) is 11.9 Å². The van der Waals surface area contributed by atoms with Crippen LogP contribution in [0.4, 0.5) is 5.82 Å². The average Bonchev–Trinajstić information content (AvgIpc) is 3.14. The third-order valence-corrected chi connectivity index (χ3v) is 2.94. The van der Waals surface area contributed by atoms with Gasteiger partial charge in [0, 0.05) is 0 Å². The number of H-pyrrole nitrogens is 1. The molecular formula is C14H12ClN5O2. The average molecular weight is 318 g/mol. The van der Waals surface area contributed by atoms with Crippen molar-refractivity contribution < 1.29 is 9.15 Å². The first kappa shape index (κ1) is 14.2. The summed E-state index contributed by atoms with van der Waals surface area (Å²) in [4.78, 5) is 15.4. The van der Waals surface area contributed by atoms with E-state index in [0.717, 1.165) is 5.76 Å². The number of aromatic nitrogens is 4. The molecule has 2 N–H and O–H groups in total. The Bertz CT molecular complexity index is 832. The Labute approximate surface area is 131 Å². The zero-order valence-electron chi connectivity index (χ0n) is 11.7. The maximum absolute atomic E-state index is 5.92. The second-order valence-corrected chi connectivity index (χ2v) is 4.57. The molecule has 112 valence electrons. The molecular weight excluding hydrogens is 306 g/mol. The zero-order valence-corrected chi connectivity index (χ0v) is 12.4. The fraction of sp³-hybridized carbons (Fsp3) is 0.214. The lowest BCUT2D eigenvalue weighted by molar-refractivity contribution is 0.344. The number of halogens is 1. The monoisotopic (exact) mass is 317 g/mol. The van der Waals surface area contributed by atoms with Crippen LogP contribution in [0, 0.1) is 11.8 Å². The van der Waals surface area contributed by atoms with Crippen LogP contribution in [0.1, 0.15) is 12.7 Å². The number of ether oxygens (including phenoxy) is 1. The van der Waals surface area contributed by atoms with Gasteiger partial charge in [0.2, 0.25) is 5.28 Å². The minimum absolute atomic E-state index is 0.0980. The van der Waals surface area contributed by atoms with Crippen molar-refractivity contribution in [3.05, 3.63) is 29.4 Å². The van der Waals surface area contributed by atoms with Gasteiger partial charge in [0.25, 0.3) is 6.01 Å². The van der Waals surface area contributed by atoms with Crippen LogP contribution < -0.4 is 10.1 Å². The Morgan fingerprint density at radius 2 is 2.32 bits per heavy atom. The number of furan rings is 1. The molecule has 0 amide bonds. The van der Waals surface area contributed by atoms with E-state index in [1.807, 2.05) is 12.1 Å². The molecule has 8 heteroatoms. The van der Waals surface area contributed by atoms with Gasteiger partial charge in [0.15, 0.2) is 18.1 Å². The molecule has 0 aliphatic carbocycles. The lowest BCUT2D eigenvalue weighted by Crippen LogP contribution is -2.02. The Hall–Kier alpha value is -2.72. The highest BCUT2D eigenvalue weighted by Gasteiger charge is 2.13. The van der Waals surface area contributed by atoms with Crippen molar-refractivity contribution in [2.24, 2.45) is 0 Å². The van der Waals surface area contributed by atoms with Gasteiger partial charge in [0.05, 0.1) is 12.8 Å². The summed E-state index contributed by atoms with van der Waals surface area (Å²) in [6, 6.07) is 3.99. The number of anilines is 1. The van der Waals surface area contributed by atoms with E-state index in [1.54, 1.807) is 13.2 Å². The molecule has 7 nitrogen and oxygen atoms in total. The van der Waals surface area contributed by atoms with Crippen molar-refractivity contribution in [1.82, 2.24) is 19.9 Å². The molecule has 0 aromatic carbocycles. The van der Waals surface area contributed by atoms with Gasteiger partial charge in [-0.3, -0.25) is 0 Å². The molecule has 3 heterocycles. The summed E-state index contributed by atoms with van der Waals surface area (Å²) >= 11 is 5.92. The first-order valence-corrected chi connectivity index (χ1v) is 6.86. The SMILES string of the molecule is CC#CCOc1nc2nc(Cl)nc(NCc3ccco3)c2[nH]1. The number of fused-ring (bicyclic) bond motifs is 1. The number of rotatable bonds is 5. The van der Waals surface area contributed by atoms with Crippen molar-refractivity contribution in [3.63, 3.8) is 0 Å². The number of imidazole rings is 1. The van der Waals surface area contributed by atoms with E-state index in [0.29, 0.717) is 29.5 Å². The van der Waals surface area contributed by atoms with Gasteiger partial charge in [-0.15, -0.1) is 5.92 Å². The van der Waals surface area contributed by atoms with E-state index in [-0.39, 0.29) is 11.9 Å².